The number of hydrogen-bond acceptors (Lipinski definition) is 3. The quantitative estimate of drug-likeness (QED) is 0.908. The van der Waals surface area contributed by atoms with Gasteiger partial charge in [-0.25, -0.2) is 0 Å². The van der Waals surface area contributed by atoms with Gasteiger partial charge in [0.05, 0.1) is 4.88 Å². The van der Waals surface area contributed by atoms with Crippen LogP contribution in [0.1, 0.15) is 35.4 Å². The third kappa shape index (κ3) is 2.14. The first kappa shape index (κ1) is 13.6. The van der Waals surface area contributed by atoms with Crippen molar-refractivity contribution in [2.24, 2.45) is 11.3 Å². The zero-order valence-corrected chi connectivity index (χ0v) is 12.5. The SMILES string of the molecule is CNC(=O)[C@@H]1CCC[C@@]12CCN(C(=O)c1cccs1)C2. The molecular formula is C15H20N2O2S. The summed E-state index contributed by atoms with van der Waals surface area (Å²) in [6, 6.07) is 3.79. The van der Waals surface area contributed by atoms with Crippen LogP contribution in [0.4, 0.5) is 0 Å². The molecule has 3 rings (SSSR count). The molecule has 0 unspecified atom stereocenters. The minimum absolute atomic E-state index is 0.0208. The smallest absolute Gasteiger partial charge is 0.263 e. The number of nitrogens with zero attached hydrogens (tertiary/aromatic N) is 1. The molecule has 1 spiro atoms. The van der Waals surface area contributed by atoms with E-state index in [4.69, 9.17) is 0 Å². The van der Waals surface area contributed by atoms with Crippen LogP contribution in [0.25, 0.3) is 0 Å². The van der Waals surface area contributed by atoms with Crippen LogP contribution in [-0.2, 0) is 4.79 Å². The van der Waals surface area contributed by atoms with Crippen LogP contribution in [0.2, 0.25) is 0 Å². The van der Waals surface area contributed by atoms with Crippen molar-refractivity contribution in [3.63, 3.8) is 0 Å². The monoisotopic (exact) mass is 292 g/mol. The number of carbonyl (C=O) groups is 2. The first-order valence-electron chi connectivity index (χ1n) is 7.21. The van der Waals surface area contributed by atoms with Crippen LogP contribution in [-0.4, -0.2) is 36.9 Å². The number of hydrogen-bond donors (Lipinski definition) is 1. The third-order valence-corrected chi connectivity index (χ3v) is 5.73. The Morgan fingerprint density at radius 1 is 1.45 bits per heavy atom. The second-order valence-corrected chi connectivity index (χ2v) is 6.82. The fourth-order valence-corrected chi connectivity index (χ4v) is 4.53. The minimum atomic E-state index is 0.0208. The molecule has 0 aromatic carbocycles. The maximum absolute atomic E-state index is 12.4. The fraction of sp³-hybridized carbons (Fsp3) is 0.600. The molecule has 2 heterocycles. The molecule has 20 heavy (non-hydrogen) atoms. The fourth-order valence-electron chi connectivity index (χ4n) is 3.84. The lowest BCUT2D eigenvalue weighted by Gasteiger charge is -2.30. The lowest BCUT2D eigenvalue weighted by Crippen LogP contribution is -2.40. The van der Waals surface area contributed by atoms with Crippen molar-refractivity contribution < 1.29 is 9.59 Å². The van der Waals surface area contributed by atoms with Crippen molar-refractivity contribution in [2.75, 3.05) is 20.1 Å². The summed E-state index contributed by atoms with van der Waals surface area (Å²) in [5, 5.41) is 4.72. The molecule has 2 aliphatic rings. The van der Waals surface area contributed by atoms with Gasteiger partial charge >= 0.3 is 0 Å². The summed E-state index contributed by atoms with van der Waals surface area (Å²) in [4.78, 5) is 27.2. The molecule has 1 aromatic heterocycles. The first-order valence-corrected chi connectivity index (χ1v) is 8.09. The second-order valence-electron chi connectivity index (χ2n) is 5.88. The molecule has 2 atom stereocenters. The Kier molecular flexibility index (Phi) is 3.54. The van der Waals surface area contributed by atoms with E-state index in [2.05, 4.69) is 5.32 Å². The second kappa shape index (κ2) is 5.20. The van der Waals surface area contributed by atoms with E-state index in [-0.39, 0.29) is 23.1 Å². The van der Waals surface area contributed by atoms with Crippen LogP contribution in [0.15, 0.2) is 17.5 Å². The van der Waals surface area contributed by atoms with E-state index >= 15 is 0 Å². The molecule has 1 N–H and O–H groups in total. The highest BCUT2D eigenvalue weighted by Crippen LogP contribution is 2.50. The predicted molar refractivity (Wildman–Crippen MR) is 78.7 cm³/mol. The highest BCUT2D eigenvalue weighted by Gasteiger charge is 2.51. The summed E-state index contributed by atoms with van der Waals surface area (Å²) in [6.45, 7) is 1.52. The van der Waals surface area contributed by atoms with Crippen LogP contribution in [0.3, 0.4) is 0 Å². The average molecular weight is 292 g/mol. The standard InChI is InChI=1S/C15H20N2O2S/c1-16-13(18)11-4-2-6-15(11)7-8-17(10-15)14(19)12-5-3-9-20-12/h3,5,9,11H,2,4,6-8,10H2,1H3,(H,16,18)/t11-,15-/m0/s1. The Balaban J connectivity index is 1.75. The van der Waals surface area contributed by atoms with Gasteiger partial charge in [0.1, 0.15) is 0 Å². The number of thiophene rings is 1. The molecule has 2 fully saturated rings. The molecule has 5 heteroatoms. The summed E-state index contributed by atoms with van der Waals surface area (Å²) < 4.78 is 0. The molecule has 1 saturated carbocycles. The summed E-state index contributed by atoms with van der Waals surface area (Å²) in [6.07, 6.45) is 4.08. The van der Waals surface area contributed by atoms with Gasteiger partial charge in [0.25, 0.3) is 5.91 Å². The molecule has 2 amide bonds. The van der Waals surface area contributed by atoms with Crippen LogP contribution in [0, 0.1) is 11.3 Å². The van der Waals surface area contributed by atoms with Crippen LogP contribution < -0.4 is 5.32 Å². The van der Waals surface area contributed by atoms with Gasteiger partial charge in [0.15, 0.2) is 0 Å². The Bertz CT molecular complexity index is 514. The number of nitrogens with one attached hydrogen (secondary N) is 1. The van der Waals surface area contributed by atoms with E-state index in [9.17, 15) is 9.59 Å². The van der Waals surface area contributed by atoms with Crippen molar-refractivity contribution in [1.82, 2.24) is 10.2 Å². The Hall–Kier alpha value is -1.36. The topological polar surface area (TPSA) is 49.4 Å². The van der Waals surface area contributed by atoms with Crippen LogP contribution in [0.5, 0.6) is 0 Å². The summed E-state index contributed by atoms with van der Waals surface area (Å²) in [5.74, 6) is 0.348. The maximum Gasteiger partial charge on any atom is 0.263 e. The van der Waals surface area contributed by atoms with E-state index in [0.717, 1.165) is 43.6 Å². The molecule has 0 bridgehead atoms. The van der Waals surface area contributed by atoms with Gasteiger partial charge in [-0.3, -0.25) is 9.59 Å². The molecular weight excluding hydrogens is 272 g/mol. The lowest BCUT2D eigenvalue weighted by atomic mass is 9.76. The van der Waals surface area contributed by atoms with Gasteiger partial charge in [-0.2, -0.15) is 0 Å². The van der Waals surface area contributed by atoms with Gasteiger partial charge in [-0.1, -0.05) is 12.5 Å². The van der Waals surface area contributed by atoms with Crippen molar-refractivity contribution in [3.8, 4) is 0 Å². The van der Waals surface area contributed by atoms with E-state index in [1.54, 1.807) is 7.05 Å². The van der Waals surface area contributed by atoms with Gasteiger partial charge < -0.3 is 10.2 Å². The average Bonchev–Trinajstić information content (AvgIpc) is 3.19. The number of likely N-dealkylation sites (tertiary alicyclic amines) is 1. The zero-order valence-electron chi connectivity index (χ0n) is 11.7. The Morgan fingerprint density at radius 2 is 2.30 bits per heavy atom. The van der Waals surface area contributed by atoms with E-state index in [1.807, 2.05) is 22.4 Å². The normalized spacial score (nSPS) is 29.1. The first-order chi connectivity index (χ1) is 9.66. The molecule has 108 valence electrons. The molecule has 1 aliphatic heterocycles. The lowest BCUT2D eigenvalue weighted by molar-refractivity contribution is -0.127. The maximum atomic E-state index is 12.4. The Morgan fingerprint density at radius 3 is 3.00 bits per heavy atom. The third-order valence-electron chi connectivity index (χ3n) is 4.87. The van der Waals surface area contributed by atoms with E-state index in [1.165, 1.54) is 11.3 Å². The number of rotatable bonds is 2. The highest BCUT2D eigenvalue weighted by molar-refractivity contribution is 7.12. The van der Waals surface area contributed by atoms with E-state index < -0.39 is 0 Å². The Labute approximate surface area is 123 Å². The predicted octanol–water partition coefficient (Wildman–Crippen LogP) is 2.13. The summed E-state index contributed by atoms with van der Waals surface area (Å²) >= 11 is 1.49. The molecule has 1 saturated heterocycles. The van der Waals surface area contributed by atoms with Gasteiger partial charge in [0.2, 0.25) is 5.91 Å². The summed E-state index contributed by atoms with van der Waals surface area (Å²) in [5.41, 5.74) is 0.0208. The summed E-state index contributed by atoms with van der Waals surface area (Å²) in [7, 11) is 1.71. The van der Waals surface area contributed by atoms with Crippen molar-refractivity contribution >= 4 is 23.2 Å². The molecule has 1 aliphatic carbocycles. The highest BCUT2D eigenvalue weighted by atomic mass is 32.1. The minimum Gasteiger partial charge on any atom is -0.359 e. The molecule has 1 aromatic rings. The van der Waals surface area contributed by atoms with Gasteiger partial charge in [-0.05, 0) is 30.7 Å². The van der Waals surface area contributed by atoms with Crippen molar-refractivity contribution in [2.45, 2.75) is 25.7 Å². The zero-order chi connectivity index (χ0) is 14.2. The largest absolute Gasteiger partial charge is 0.359 e. The van der Waals surface area contributed by atoms with Crippen molar-refractivity contribution in [3.05, 3.63) is 22.4 Å². The molecule has 0 radical (unpaired) electrons. The van der Waals surface area contributed by atoms with Gasteiger partial charge in [0, 0.05) is 31.5 Å². The van der Waals surface area contributed by atoms with E-state index in [0.29, 0.717) is 0 Å². The number of amides is 2. The van der Waals surface area contributed by atoms with Gasteiger partial charge in [-0.15, -0.1) is 11.3 Å². The van der Waals surface area contributed by atoms with Crippen LogP contribution >= 0.6 is 11.3 Å². The molecule has 4 nitrogen and oxygen atoms in total. The number of carbonyl (C=O) groups excluding carboxylic acids is 2. The van der Waals surface area contributed by atoms with Crippen molar-refractivity contribution in [1.29, 1.82) is 0 Å².